The number of hydrogen-bond donors (Lipinski definition) is 3. The van der Waals surface area contributed by atoms with Gasteiger partial charge in [-0.25, -0.2) is 4.98 Å². The summed E-state index contributed by atoms with van der Waals surface area (Å²) < 4.78 is 0. The minimum atomic E-state index is -0.573. The predicted molar refractivity (Wildman–Crippen MR) is 68.7 cm³/mol. The van der Waals surface area contributed by atoms with Gasteiger partial charge in [0, 0.05) is 6.20 Å². The molecular formula is C12H13N5O. The Kier molecular flexibility index (Phi) is 3.38. The number of hydrogen-bond acceptors (Lipinski definition) is 5. The van der Waals surface area contributed by atoms with Crippen molar-refractivity contribution in [3.05, 3.63) is 47.9 Å². The van der Waals surface area contributed by atoms with Gasteiger partial charge in [-0.2, -0.15) is 0 Å². The van der Waals surface area contributed by atoms with E-state index in [1.54, 1.807) is 6.20 Å². The van der Waals surface area contributed by atoms with Crippen molar-refractivity contribution in [2.24, 2.45) is 5.73 Å². The van der Waals surface area contributed by atoms with Crippen molar-refractivity contribution in [1.29, 1.82) is 0 Å². The molecular weight excluding hydrogens is 230 g/mol. The van der Waals surface area contributed by atoms with Gasteiger partial charge in [-0.15, -0.1) is 0 Å². The molecule has 0 aliphatic carbocycles. The highest BCUT2D eigenvalue weighted by atomic mass is 16.1. The number of anilines is 2. The second kappa shape index (κ2) is 5.13. The molecule has 0 radical (unpaired) electrons. The average molecular weight is 243 g/mol. The molecule has 6 nitrogen and oxygen atoms in total. The molecule has 0 aliphatic heterocycles. The third kappa shape index (κ3) is 2.73. The Labute approximate surface area is 104 Å². The van der Waals surface area contributed by atoms with E-state index in [0.717, 1.165) is 5.69 Å². The molecule has 1 amide bonds. The van der Waals surface area contributed by atoms with Gasteiger partial charge in [0.25, 0.3) is 5.91 Å². The van der Waals surface area contributed by atoms with Gasteiger partial charge in [0.15, 0.2) is 0 Å². The highest BCUT2D eigenvalue weighted by molar-refractivity contribution is 5.98. The van der Waals surface area contributed by atoms with E-state index in [4.69, 9.17) is 11.5 Å². The van der Waals surface area contributed by atoms with Crippen LogP contribution in [0, 0.1) is 0 Å². The van der Waals surface area contributed by atoms with Gasteiger partial charge in [0.05, 0.1) is 29.7 Å². The Morgan fingerprint density at radius 1 is 1.33 bits per heavy atom. The SMILES string of the molecule is NC(=O)c1cc(NCc2ccccn2)ncc1N. The number of nitrogen functional groups attached to an aromatic ring is 1. The summed E-state index contributed by atoms with van der Waals surface area (Å²) >= 11 is 0. The molecule has 92 valence electrons. The second-order valence-corrected chi connectivity index (χ2v) is 3.70. The van der Waals surface area contributed by atoms with Crippen LogP contribution in [0.15, 0.2) is 36.7 Å². The molecule has 0 aliphatic rings. The molecule has 0 spiro atoms. The highest BCUT2D eigenvalue weighted by Crippen LogP contribution is 2.14. The smallest absolute Gasteiger partial charge is 0.250 e. The third-order valence-electron chi connectivity index (χ3n) is 2.38. The number of amides is 1. The van der Waals surface area contributed by atoms with Crippen molar-refractivity contribution < 1.29 is 4.79 Å². The number of rotatable bonds is 4. The van der Waals surface area contributed by atoms with Crippen LogP contribution in [0.5, 0.6) is 0 Å². The summed E-state index contributed by atoms with van der Waals surface area (Å²) in [5.74, 6) is -0.0422. The van der Waals surface area contributed by atoms with E-state index in [2.05, 4.69) is 15.3 Å². The number of carbonyl (C=O) groups excluding carboxylic acids is 1. The Hall–Kier alpha value is -2.63. The molecule has 0 bridgehead atoms. The number of carbonyl (C=O) groups is 1. The molecule has 0 aromatic carbocycles. The van der Waals surface area contributed by atoms with E-state index in [0.29, 0.717) is 12.4 Å². The first-order chi connectivity index (χ1) is 8.66. The Morgan fingerprint density at radius 2 is 2.17 bits per heavy atom. The van der Waals surface area contributed by atoms with E-state index < -0.39 is 5.91 Å². The van der Waals surface area contributed by atoms with Crippen molar-refractivity contribution in [3.63, 3.8) is 0 Å². The Bertz CT molecular complexity index is 556. The lowest BCUT2D eigenvalue weighted by atomic mass is 10.2. The minimum absolute atomic E-state index is 0.258. The molecule has 0 saturated heterocycles. The lowest BCUT2D eigenvalue weighted by Crippen LogP contribution is -2.14. The molecule has 0 saturated carbocycles. The summed E-state index contributed by atoms with van der Waals surface area (Å²) in [4.78, 5) is 19.3. The summed E-state index contributed by atoms with van der Waals surface area (Å²) in [7, 11) is 0. The van der Waals surface area contributed by atoms with Crippen LogP contribution in [0.25, 0.3) is 0 Å². The van der Waals surface area contributed by atoms with E-state index in [9.17, 15) is 4.79 Å². The highest BCUT2D eigenvalue weighted by Gasteiger charge is 2.07. The minimum Gasteiger partial charge on any atom is -0.397 e. The first kappa shape index (κ1) is 11.8. The standard InChI is InChI=1S/C12H13N5O/c13-10-7-17-11(5-9(10)12(14)18)16-6-8-3-1-2-4-15-8/h1-5,7H,6,13H2,(H2,14,18)(H,16,17). The zero-order valence-corrected chi connectivity index (χ0v) is 9.63. The van der Waals surface area contributed by atoms with Crippen LogP contribution in [0.3, 0.4) is 0 Å². The van der Waals surface area contributed by atoms with Crippen LogP contribution >= 0.6 is 0 Å². The van der Waals surface area contributed by atoms with Crippen LogP contribution < -0.4 is 16.8 Å². The molecule has 0 atom stereocenters. The molecule has 2 aromatic rings. The first-order valence-corrected chi connectivity index (χ1v) is 5.36. The fourth-order valence-corrected chi connectivity index (χ4v) is 1.46. The van der Waals surface area contributed by atoms with Gasteiger partial charge < -0.3 is 16.8 Å². The maximum absolute atomic E-state index is 11.1. The van der Waals surface area contributed by atoms with Crippen LogP contribution in [0.4, 0.5) is 11.5 Å². The van der Waals surface area contributed by atoms with Crippen LogP contribution in [-0.4, -0.2) is 15.9 Å². The molecule has 6 heteroatoms. The lowest BCUT2D eigenvalue weighted by Gasteiger charge is -2.07. The van der Waals surface area contributed by atoms with Crippen molar-refractivity contribution in [1.82, 2.24) is 9.97 Å². The maximum Gasteiger partial charge on any atom is 0.250 e. The van der Waals surface area contributed by atoms with E-state index in [1.165, 1.54) is 12.3 Å². The second-order valence-electron chi connectivity index (χ2n) is 3.70. The molecule has 0 unspecified atom stereocenters. The molecule has 5 N–H and O–H groups in total. The monoisotopic (exact) mass is 243 g/mol. The van der Waals surface area contributed by atoms with Gasteiger partial charge in [-0.3, -0.25) is 9.78 Å². The maximum atomic E-state index is 11.1. The fraction of sp³-hybridized carbons (Fsp3) is 0.0833. The predicted octanol–water partition coefficient (Wildman–Crippen LogP) is 0.770. The van der Waals surface area contributed by atoms with Crippen LogP contribution in [0.2, 0.25) is 0 Å². The molecule has 2 aromatic heterocycles. The van der Waals surface area contributed by atoms with Gasteiger partial charge >= 0.3 is 0 Å². The molecule has 2 rings (SSSR count). The fourth-order valence-electron chi connectivity index (χ4n) is 1.46. The zero-order chi connectivity index (χ0) is 13.0. The number of nitrogens with two attached hydrogens (primary N) is 2. The van der Waals surface area contributed by atoms with Crippen molar-refractivity contribution in [3.8, 4) is 0 Å². The van der Waals surface area contributed by atoms with Crippen molar-refractivity contribution >= 4 is 17.4 Å². The van der Waals surface area contributed by atoms with Crippen LogP contribution in [0.1, 0.15) is 16.1 Å². The summed E-state index contributed by atoms with van der Waals surface area (Å²) in [6.45, 7) is 0.510. The van der Waals surface area contributed by atoms with Crippen molar-refractivity contribution in [2.45, 2.75) is 6.54 Å². The summed E-state index contributed by atoms with van der Waals surface area (Å²) in [6.07, 6.45) is 3.11. The van der Waals surface area contributed by atoms with E-state index >= 15 is 0 Å². The van der Waals surface area contributed by atoms with Crippen LogP contribution in [-0.2, 0) is 6.54 Å². The van der Waals surface area contributed by atoms with Crippen molar-refractivity contribution in [2.75, 3.05) is 11.1 Å². The zero-order valence-electron chi connectivity index (χ0n) is 9.63. The number of primary amides is 1. The third-order valence-corrected chi connectivity index (χ3v) is 2.38. The number of pyridine rings is 2. The molecule has 0 fully saturated rings. The van der Waals surface area contributed by atoms with Gasteiger partial charge in [-0.05, 0) is 18.2 Å². The summed E-state index contributed by atoms with van der Waals surface area (Å²) in [5, 5.41) is 3.05. The van der Waals surface area contributed by atoms with Gasteiger partial charge in [-0.1, -0.05) is 6.07 Å². The summed E-state index contributed by atoms with van der Waals surface area (Å²) in [6, 6.07) is 7.16. The molecule has 18 heavy (non-hydrogen) atoms. The lowest BCUT2D eigenvalue weighted by molar-refractivity contribution is 0.100. The summed E-state index contributed by atoms with van der Waals surface area (Å²) in [5.41, 5.74) is 12.2. The number of aromatic nitrogens is 2. The topological polar surface area (TPSA) is 107 Å². The number of nitrogens with zero attached hydrogens (tertiary/aromatic N) is 2. The van der Waals surface area contributed by atoms with Gasteiger partial charge in [0.1, 0.15) is 5.82 Å². The Balaban J connectivity index is 2.11. The number of nitrogens with one attached hydrogen (secondary N) is 1. The van der Waals surface area contributed by atoms with E-state index in [1.807, 2.05) is 18.2 Å². The molecule has 2 heterocycles. The van der Waals surface area contributed by atoms with Gasteiger partial charge in [0.2, 0.25) is 0 Å². The largest absolute Gasteiger partial charge is 0.397 e. The average Bonchev–Trinajstić information content (AvgIpc) is 2.38. The normalized spacial score (nSPS) is 10.0. The first-order valence-electron chi connectivity index (χ1n) is 5.36. The quantitative estimate of drug-likeness (QED) is 0.735. The Morgan fingerprint density at radius 3 is 2.83 bits per heavy atom. The van der Waals surface area contributed by atoms with E-state index in [-0.39, 0.29) is 11.3 Å².